The monoisotopic (exact) mass is 460 g/mol. The third-order valence-corrected chi connectivity index (χ3v) is 6.06. The van der Waals surface area contributed by atoms with Crippen LogP contribution in [0.25, 0.3) is 21.8 Å². The molecule has 6 nitrogen and oxygen atoms in total. The summed E-state index contributed by atoms with van der Waals surface area (Å²) in [6, 6.07) is 20.8. The van der Waals surface area contributed by atoms with E-state index in [0.29, 0.717) is 16.3 Å². The third kappa shape index (κ3) is 3.62. The van der Waals surface area contributed by atoms with Gasteiger partial charge in [0.05, 0.1) is 6.61 Å². The normalized spacial score (nSPS) is 15.8. The average Bonchev–Trinajstić information content (AvgIpc) is 3.30. The molecule has 5 rings (SSSR count). The number of ether oxygens (including phenoxy) is 2. The van der Waals surface area contributed by atoms with Gasteiger partial charge in [0.1, 0.15) is 11.3 Å². The van der Waals surface area contributed by atoms with Gasteiger partial charge in [-0.15, -0.1) is 0 Å². The number of fused-ring (bicyclic) bond motifs is 3. The Balaban J connectivity index is 1.63. The summed E-state index contributed by atoms with van der Waals surface area (Å²) in [5, 5.41) is 5.69. The summed E-state index contributed by atoms with van der Waals surface area (Å²) in [6.07, 6.45) is -0.880. The summed E-state index contributed by atoms with van der Waals surface area (Å²) in [5.41, 5.74) is 3.67. The van der Waals surface area contributed by atoms with E-state index in [-0.39, 0.29) is 17.9 Å². The molecule has 1 aromatic heterocycles. The molecule has 0 aliphatic carbocycles. The Morgan fingerprint density at radius 3 is 2.55 bits per heavy atom. The van der Waals surface area contributed by atoms with Crippen LogP contribution in [-0.2, 0) is 26.1 Å². The van der Waals surface area contributed by atoms with Gasteiger partial charge < -0.3 is 19.4 Å². The largest absolute Gasteiger partial charge is 0.462 e. The van der Waals surface area contributed by atoms with E-state index in [9.17, 15) is 9.59 Å². The molecule has 0 bridgehead atoms. The van der Waals surface area contributed by atoms with Gasteiger partial charge in [-0.3, -0.25) is 0 Å². The van der Waals surface area contributed by atoms with Crippen molar-refractivity contribution in [3.63, 3.8) is 0 Å². The Bertz CT molecular complexity index is 1440. The van der Waals surface area contributed by atoms with E-state index in [1.54, 1.807) is 31.2 Å². The van der Waals surface area contributed by atoms with Gasteiger partial charge in [-0.2, -0.15) is 0 Å². The quantitative estimate of drug-likeness (QED) is 0.397. The van der Waals surface area contributed by atoms with E-state index < -0.39 is 18.0 Å². The standard InChI is InChI=1S/C26H21ClN2O4/c1-3-32-25(30)22-23(28-17-11-9-16(27)10-12-17)26(31)33-24(22)15-8-13-21-19(14-15)18-6-4-5-7-20(18)29(21)2/h4-14,24,28H,3H2,1-2H3. The number of hydrogen-bond acceptors (Lipinski definition) is 5. The number of anilines is 1. The number of nitrogens with one attached hydrogen (secondary N) is 1. The lowest BCUT2D eigenvalue weighted by Gasteiger charge is -2.14. The van der Waals surface area contributed by atoms with Gasteiger partial charge in [0.2, 0.25) is 0 Å². The number of rotatable bonds is 5. The minimum absolute atomic E-state index is 0.0683. The maximum absolute atomic E-state index is 12.9. The van der Waals surface area contributed by atoms with E-state index in [4.69, 9.17) is 21.1 Å². The summed E-state index contributed by atoms with van der Waals surface area (Å²) >= 11 is 5.96. The number of halogens is 1. The number of benzene rings is 3. The summed E-state index contributed by atoms with van der Waals surface area (Å²) < 4.78 is 13.1. The molecule has 3 aromatic carbocycles. The predicted octanol–water partition coefficient (Wildman–Crippen LogP) is 5.51. The van der Waals surface area contributed by atoms with Crippen molar-refractivity contribution < 1.29 is 19.1 Å². The fourth-order valence-electron chi connectivity index (χ4n) is 4.26. The Morgan fingerprint density at radius 2 is 1.79 bits per heavy atom. The Morgan fingerprint density at radius 1 is 1.06 bits per heavy atom. The Labute approximate surface area is 195 Å². The van der Waals surface area contributed by atoms with Crippen LogP contribution >= 0.6 is 11.6 Å². The molecule has 0 radical (unpaired) electrons. The third-order valence-electron chi connectivity index (χ3n) is 5.81. The first-order valence-electron chi connectivity index (χ1n) is 10.6. The molecule has 166 valence electrons. The van der Waals surface area contributed by atoms with E-state index >= 15 is 0 Å². The van der Waals surface area contributed by atoms with Crippen LogP contribution in [0.1, 0.15) is 18.6 Å². The number of cyclic esters (lactones) is 1. The van der Waals surface area contributed by atoms with Crippen LogP contribution in [-0.4, -0.2) is 23.1 Å². The van der Waals surface area contributed by atoms with Gasteiger partial charge in [-0.1, -0.05) is 35.9 Å². The van der Waals surface area contributed by atoms with Crippen LogP contribution in [0, 0.1) is 0 Å². The second-order valence-electron chi connectivity index (χ2n) is 7.78. The number of carbonyl (C=O) groups is 2. The lowest BCUT2D eigenvalue weighted by Crippen LogP contribution is -2.16. The fraction of sp³-hybridized carbons (Fsp3) is 0.154. The van der Waals surface area contributed by atoms with Crippen LogP contribution < -0.4 is 5.32 Å². The van der Waals surface area contributed by atoms with Crippen molar-refractivity contribution in [2.75, 3.05) is 11.9 Å². The lowest BCUT2D eigenvalue weighted by molar-refractivity contribution is -0.142. The molecule has 0 saturated heterocycles. The predicted molar refractivity (Wildman–Crippen MR) is 128 cm³/mol. The van der Waals surface area contributed by atoms with Crippen molar-refractivity contribution in [3.05, 3.63) is 88.6 Å². The van der Waals surface area contributed by atoms with Crippen molar-refractivity contribution >= 4 is 51.0 Å². The highest BCUT2D eigenvalue weighted by Gasteiger charge is 2.40. The first-order chi connectivity index (χ1) is 16.0. The number of nitrogens with zero attached hydrogens (tertiary/aromatic N) is 1. The molecular formula is C26H21ClN2O4. The van der Waals surface area contributed by atoms with Gasteiger partial charge in [-0.05, 0) is 55.0 Å². The van der Waals surface area contributed by atoms with Crippen LogP contribution in [0.3, 0.4) is 0 Å². The van der Waals surface area contributed by atoms with Crippen molar-refractivity contribution in [1.29, 1.82) is 0 Å². The van der Waals surface area contributed by atoms with Crippen LogP contribution in [0.4, 0.5) is 5.69 Å². The van der Waals surface area contributed by atoms with E-state index in [2.05, 4.69) is 22.0 Å². The van der Waals surface area contributed by atoms with Gasteiger partial charge in [-0.25, -0.2) is 9.59 Å². The first-order valence-corrected chi connectivity index (χ1v) is 11.0. The highest BCUT2D eigenvalue weighted by atomic mass is 35.5. The minimum Gasteiger partial charge on any atom is -0.462 e. The van der Waals surface area contributed by atoms with E-state index in [1.807, 2.05) is 37.4 Å². The second-order valence-corrected chi connectivity index (χ2v) is 8.22. The molecule has 2 heterocycles. The summed E-state index contributed by atoms with van der Waals surface area (Å²) in [6.45, 7) is 1.90. The molecule has 0 spiro atoms. The van der Waals surface area contributed by atoms with Crippen molar-refractivity contribution in [3.8, 4) is 0 Å². The zero-order chi connectivity index (χ0) is 23.1. The fourth-order valence-corrected chi connectivity index (χ4v) is 4.39. The Hall–Kier alpha value is -3.77. The van der Waals surface area contributed by atoms with Gasteiger partial charge in [0.25, 0.3) is 0 Å². The highest BCUT2D eigenvalue weighted by molar-refractivity contribution is 6.30. The molecule has 1 aliphatic heterocycles. The zero-order valence-corrected chi connectivity index (χ0v) is 18.8. The number of para-hydroxylation sites is 1. The number of aromatic nitrogens is 1. The first kappa shape index (κ1) is 21.1. The molecular weight excluding hydrogens is 440 g/mol. The molecule has 0 fully saturated rings. The van der Waals surface area contributed by atoms with Crippen LogP contribution in [0.5, 0.6) is 0 Å². The Kier molecular flexibility index (Phi) is 5.30. The summed E-state index contributed by atoms with van der Waals surface area (Å²) in [4.78, 5) is 25.8. The van der Waals surface area contributed by atoms with Crippen LogP contribution in [0.2, 0.25) is 5.02 Å². The smallest absolute Gasteiger partial charge is 0.356 e. The maximum Gasteiger partial charge on any atom is 0.356 e. The van der Waals surface area contributed by atoms with Crippen LogP contribution in [0.15, 0.2) is 78.0 Å². The molecule has 1 N–H and O–H groups in total. The molecule has 0 amide bonds. The van der Waals surface area contributed by atoms with Gasteiger partial charge >= 0.3 is 11.9 Å². The highest BCUT2D eigenvalue weighted by Crippen LogP contribution is 2.39. The summed E-state index contributed by atoms with van der Waals surface area (Å²) in [7, 11) is 2.01. The number of hydrogen-bond donors (Lipinski definition) is 1. The van der Waals surface area contributed by atoms with Gasteiger partial charge in [0.15, 0.2) is 6.10 Å². The molecule has 1 aliphatic rings. The molecule has 33 heavy (non-hydrogen) atoms. The molecule has 7 heteroatoms. The molecule has 4 aromatic rings. The maximum atomic E-state index is 12.9. The average molecular weight is 461 g/mol. The molecule has 0 saturated carbocycles. The lowest BCUT2D eigenvalue weighted by atomic mass is 9.99. The van der Waals surface area contributed by atoms with Crippen molar-refractivity contribution in [2.24, 2.45) is 7.05 Å². The van der Waals surface area contributed by atoms with E-state index in [0.717, 1.165) is 21.8 Å². The minimum atomic E-state index is -0.880. The van der Waals surface area contributed by atoms with Gasteiger partial charge in [0, 0.05) is 39.6 Å². The van der Waals surface area contributed by atoms with E-state index in [1.165, 1.54) is 0 Å². The second kappa shape index (κ2) is 8.30. The summed E-state index contributed by atoms with van der Waals surface area (Å²) in [5.74, 6) is -1.21. The SMILES string of the molecule is CCOC(=O)C1=C(Nc2ccc(Cl)cc2)C(=O)OC1c1ccc2c(c1)c1ccccc1n2C. The molecule has 1 unspecified atom stereocenters. The van der Waals surface area contributed by atoms with Crippen molar-refractivity contribution in [2.45, 2.75) is 13.0 Å². The number of aryl methyl sites for hydroxylation is 1. The molecule has 1 atom stereocenters. The number of carbonyl (C=O) groups excluding carboxylic acids is 2. The van der Waals surface area contributed by atoms with Crippen molar-refractivity contribution in [1.82, 2.24) is 4.57 Å². The zero-order valence-electron chi connectivity index (χ0n) is 18.1. The topological polar surface area (TPSA) is 69.6 Å². The number of esters is 2.